The number of alkyl halides is 2. The van der Waals surface area contributed by atoms with Gasteiger partial charge in [-0.3, -0.25) is 33.8 Å². The molecular formula is C37H30Cl2N2O7. The Kier molecular flexibility index (Phi) is 7.60. The number of allylic oxidation sites excluding steroid dienone is 3. The zero-order valence-electron chi connectivity index (χ0n) is 25.9. The second kappa shape index (κ2) is 11.5. The van der Waals surface area contributed by atoms with Crippen LogP contribution < -0.4 is 9.64 Å². The van der Waals surface area contributed by atoms with Gasteiger partial charge in [-0.25, -0.2) is 0 Å². The molecule has 4 amide bonds. The Bertz CT molecular complexity index is 1960. The number of hydrogen-bond acceptors (Lipinski definition) is 7. The highest BCUT2D eigenvalue weighted by atomic mass is 35.5. The van der Waals surface area contributed by atoms with Gasteiger partial charge in [0.2, 0.25) is 11.8 Å². The van der Waals surface area contributed by atoms with E-state index in [9.17, 15) is 29.1 Å². The molecule has 0 aromatic heterocycles. The number of ketones is 1. The molecule has 3 aromatic rings. The number of phenolic OH excluding ortho intramolecular Hbond substituents is 1. The number of hydrogen-bond donors (Lipinski definition) is 1. The largest absolute Gasteiger partial charge is 0.504 e. The molecule has 9 nitrogen and oxygen atoms in total. The molecule has 2 aliphatic carbocycles. The van der Waals surface area contributed by atoms with Gasteiger partial charge in [0.15, 0.2) is 27.0 Å². The lowest BCUT2D eigenvalue weighted by Crippen LogP contribution is -2.60. The highest BCUT2D eigenvalue weighted by Gasteiger charge is 2.75. The Morgan fingerprint density at radius 2 is 1.60 bits per heavy atom. The van der Waals surface area contributed by atoms with Gasteiger partial charge in [-0.2, -0.15) is 0 Å². The Labute approximate surface area is 286 Å². The van der Waals surface area contributed by atoms with Gasteiger partial charge in [-0.1, -0.05) is 60.2 Å². The van der Waals surface area contributed by atoms with E-state index in [-0.39, 0.29) is 36.0 Å². The standard InChI is InChI=1S/C37H30Cl2N2O7/c1-40-34(46)36(38)19-26-24(27(37(36,39)35(40)47)16-8-20-9-17-28(42)29(18-20)48-2)14-15-25-30(26)33(45)41(32(25)44)23-12-10-22(11-13-23)31(43)21-6-4-3-5-7-21/h3-14,16-18,25-27,30,42H,15,19H2,1-2H3/t25-,26+,27-,30-,36+,37-/m0/s1. The molecule has 1 saturated carbocycles. The van der Waals surface area contributed by atoms with Gasteiger partial charge < -0.3 is 9.84 Å². The van der Waals surface area contributed by atoms with Crippen molar-refractivity contribution < 1.29 is 33.8 Å². The minimum atomic E-state index is -1.89. The maximum absolute atomic E-state index is 14.2. The number of carbonyl (C=O) groups excluding carboxylic acids is 5. The zero-order valence-corrected chi connectivity index (χ0v) is 27.4. The first-order valence-corrected chi connectivity index (χ1v) is 16.2. The van der Waals surface area contributed by atoms with Crippen LogP contribution in [0.25, 0.3) is 6.08 Å². The first kappa shape index (κ1) is 31.8. The van der Waals surface area contributed by atoms with Crippen LogP contribution in [0.5, 0.6) is 11.5 Å². The molecule has 6 atom stereocenters. The normalized spacial score (nSPS) is 29.5. The van der Waals surface area contributed by atoms with Crippen LogP contribution in [0, 0.1) is 23.7 Å². The van der Waals surface area contributed by atoms with Crippen LogP contribution >= 0.6 is 23.2 Å². The predicted molar refractivity (Wildman–Crippen MR) is 179 cm³/mol. The maximum Gasteiger partial charge on any atom is 0.253 e. The summed E-state index contributed by atoms with van der Waals surface area (Å²) in [6.07, 6.45) is 5.35. The SMILES string of the molecule is COc1cc(C=C[C@H]2C3=CC[C@@H]4C(=O)N(c5ccc(C(=O)c6ccccc6)cc5)C(=O)[C@@H]4[C@@H]3C[C@@]3(Cl)C(=O)N(C)C(=O)[C@@]23Cl)ccc1O. The number of nitrogens with zero attached hydrogens (tertiary/aromatic N) is 2. The molecule has 1 N–H and O–H groups in total. The Balaban J connectivity index is 1.25. The summed E-state index contributed by atoms with van der Waals surface area (Å²) in [6, 6.07) is 19.9. The molecule has 0 radical (unpaired) electrons. The molecule has 4 aliphatic rings. The smallest absolute Gasteiger partial charge is 0.253 e. The molecular weight excluding hydrogens is 655 g/mol. The van der Waals surface area contributed by atoms with E-state index in [1.165, 1.54) is 20.2 Å². The van der Waals surface area contributed by atoms with Gasteiger partial charge in [0.1, 0.15) is 0 Å². The number of methoxy groups -OCH3 is 1. The van der Waals surface area contributed by atoms with Gasteiger partial charge >= 0.3 is 0 Å². The molecule has 7 rings (SSSR count). The van der Waals surface area contributed by atoms with Crippen LogP contribution in [-0.2, 0) is 19.2 Å². The summed E-state index contributed by atoms with van der Waals surface area (Å²) in [6.45, 7) is 0. The maximum atomic E-state index is 14.2. The van der Waals surface area contributed by atoms with Crippen LogP contribution in [0.4, 0.5) is 5.69 Å². The number of amides is 4. The lowest BCUT2D eigenvalue weighted by Gasteiger charge is -2.49. The molecule has 0 unspecified atom stereocenters. The third-order valence-corrected chi connectivity index (χ3v) is 11.6. The van der Waals surface area contributed by atoms with Crippen LogP contribution in [0.3, 0.4) is 0 Å². The van der Waals surface area contributed by atoms with Crippen molar-refractivity contribution >= 4 is 64.4 Å². The molecule has 3 fully saturated rings. The summed E-state index contributed by atoms with van der Waals surface area (Å²) in [5.74, 6) is -5.27. The molecule has 2 saturated heterocycles. The minimum Gasteiger partial charge on any atom is -0.504 e. The van der Waals surface area contributed by atoms with Crippen LogP contribution in [0.15, 0.2) is 90.5 Å². The molecule has 2 heterocycles. The zero-order chi connectivity index (χ0) is 34.1. The van der Waals surface area contributed by atoms with Crippen molar-refractivity contribution in [1.82, 2.24) is 4.90 Å². The van der Waals surface area contributed by atoms with Gasteiger partial charge in [-0.15, -0.1) is 23.2 Å². The number of halogens is 2. The number of rotatable bonds is 6. The highest BCUT2D eigenvalue weighted by molar-refractivity contribution is 6.53. The van der Waals surface area contributed by atoms with Crippen LogP contribution in [0.1, 0.15) is 34.3 Å². The summed E-state index contributed by atoms with van der Waals surface area (Å²) in [5.41, 5.74) is 2.55. The van der Waals surface area contributed by atoms with Crippen LogP contribution in [-0.4, -0.2) is 63.3 Å². The van der Waals surface area contributed by atoms with E-state index in [1.807, 2.05) is 12.1 Å². The number of fused-ring (bicyclic) bond motifs is 4. The summed E-state index contributed by atoms with van der Waals surface area (Å²) in [7, 11) is 2.76. The fourth-order valence-electron chi connectivity index (χ4n) is 7.77. The van der Waals surface area contributed by atoms with Crippen molar-refractivity contribution in [3.63, 3.8) is 0 Å². The quantitative estimate of drug-likeness (QED) is 0.160. The molecule has 244 valence electrons. The average molecular weight is 686 g/mol. The van der Waals surface area contributed by atoms with E-state index < -0.39 is 51.1 Å². The Hall–Kier alpha value is -4.73. The van der Waals surface area contributed by atoms with E-state index in [2.05, 4.69) is 0 Å². The van der Waals surface area contributed by atoms with Crippen LogP contribution in [0.2, 0.25) is 0 Å². The number of anilines is 1. The molecule has 3 aromatic carbocycles. The first-order valence-electron chi connectivity index (χ1n) is 15.5. The topological polar surface area (TPSA) is 121 Å². The third kappa shape index (κ3) is 4.48. The van der Waals surface area contributed by atoms with Gasteiger partial charge in [0.25, 0.3) is 11.8 Å². The Morgan fingerprint density at radius 1 is 0.917 bits per heavy atom. The molecule has 0 spiro atoms. The second-order valence-corrected chi connectivity index (χ2v) is 13.8. The van der Waals surface area contributed by atoms with Crippen molar-refractivity contribution in [2.24, 2.45) is 23.7 Å². The van der Waals surface area contributed by atoms with E-state index in [0.717, 1.165) is 9.80 Å². The van der Waals surface area contributed by atoms with Gasteiger partial charge in [0.05, 0.1) is 24.6 Å². The predicted octanol–water partition coefficient (Wildman–Crippen LogP) is 5.37. The van der Waals surface area contributed by atoms with Crippen molar-refractivity contribution in [3.05, 3.63) is 107 Å². The fourth-order valence-corrected chi connectivity index (χ4v) is 8.74. The van der Waals surface area contributed by atoms with Crippen molar-refractivity contribution in [2.45, 2.75) is 22.6 Å². The van der Waals surface area contributed by atoms with E-state index in [4.69, 9.17) is 27.9 Å². The highest BCUT2D eigenvalue weighted by Crippen LogP contribution is 2.63. The number of ether oxygens (including phenoxy) is 1. The number of likely N-dealkylation sites (tertiary alicyclic amines) is 1. The number of benzene rings is 3. The number of imide groups is 2. The third-order valence-electron chi connectivity index (χ3n) is 10.2. The van der Waals surface area contributed by atoms with Crippen molar-refractivity contribution in [2.75, 3.05) is 19.1 Å². The number of aromatic hydroxyl groups is 1. The van der Waals surface area contributed by atoms with Gasteiger partial charge in [-0.05, 0) is 60.7 Å². The average Bonchev–Trinajstić information content (AvgIpc) is 3.43. The number of carbonyl (C=O) groups is 5. The van der Waals surface area contributed by atoms with E-state index in [0.29, 0.717) is 28.0 Å². The molecule has 11 heteroatoms. The van der Waals surface area contributed by atoms with E-state index >= 15 is 0 Å². The lowest BCUT2D eigenvalue weighted by molar-refractivity contribution is -0.138. The van der Waals surface area contributed by atoms with Gasteiger partial charge in [0, 0.05) is 24.1 Å². The number of phenols is 1. The summed E-state index contributed by atoms with van der Waals surface area (Å²) >= 11 is 14.4. The molecule has 2 aliphatic heterocycles. The van der Waals surface area contributed by atoms with Crippen molar-refractivity contribution in [3.8, 4) is 11.5 Å². The summed E-state index contributed by atoms with van der Waals surface area (Å²) in [4.78, 5) is 66.7. The molecule has 48 heavy (non-hydrogen) atoms. The van der Waals surface area contributed by atoms with Crippen molar-refractivity contribution in [1.29, 1.82) is 0 Å². The molecule has 0 bridgehead atoms. The Morgan fingerprint density at radius 3 is 2.29 bits per heavy atom. The second-order valence-electron chi connectivity index (χ2n) is 12.6. The van der Waals surface area contributed by atoms with E-state index in [1.54, 1.807) is 72.8 Å². The first-order chi connectivity index (χ1) is 22.9. The minimum absolute atomic E-state index is 0.0495. The summed E-state index contributed by atoms with van der Waals surface area (Å²) in [5, 5.41) is 10.1. The summed E-state index contributed by atoms with van der Waals surface area (Å²) < 4.78 is 5.23. The monoisotopic (exact) mass is 684 g/mol. The lowest BCUT2D eigenvalue weighted by atomic mass is 9.57. The fraction of sp³-hybridized carbons (Fsp3) is 0.270.